The quantitative estimate of drug-likeness (QED) is 0.872. The molecule has 2 rings (SSSR count). The largest absolute Gasteiger partial charge is 0.477 e. The molecule has 0 aliphatic heterocycles. The standard InChI is InChI=1S/C10H7FN2O2S/c1-5-8(10(14)15)16-9(13-5)6-2-3-12-4-7(6)11/h2-4H,1H3,(H,14,15). The number of aromatic carboxylic acids is 1. The van der Waals surface area contributed by atoms with Gasteiger partial charge in [0.25, 0.3) is 0 Å². The number of rotatable bonds is 2. The van der Waals surface area contributed by atoms with Gasteiger partial charge in [-0.3, -0.25) is 4.98 Å². The van der Waals surface area contributed by atoms with E-state index in [-0.39, 0.29) is 10.4 Å². The Hall–Kier alpha value is -1.82. The average molecular weight is 238 g/mol. The monoisotopic (exact) mass is 238 g/mol. The molecule has 2 aromatic heterocycles. The second kappa shape index (κ2) is 3.97. The smallest absolute Gasteiger partial charge is 0.347 e. The molecule has 0 aliphatic carbocycles. The molecule has 16 heavy (non-hydrogen) atoms. The van der Waals surface area contributed by atoms with Crippen LogP contribution in [0.1, 0.15) is 15.4 Å². The number of halogens is 1. The number of pyridine rings is 1. The predicted molar refractivity (Wildman–Crippen MR) is 57.0 cm³/mol. The van der Waals surface area contributed by atoms with Gasteiger partial charge in [-0.05, 0) is 13.0 Å². The van der Waals surface area contributed by atoms with Crippen molar-refractivity contribution >= 4 is 17.3 Å². The molecule has 0 bridgehead atoms. The molecule has 0 fully saturated rings. The lowest BCUT2D eigenvalue weighted by Gasteiger charge is -1.95. The molecule has 2 aromatic rings. The van der Waals surface area contributed by atoms with Crippen LogP contribution in [0.2, 0.25) is 0 Å². The van der Waals surface area contributed by atoms with Crippen molar-refractivity contribution in [3.05, 3.63) is 34.8 Å². The highest BCUT2D eigenvalue weighted by Gasteiger charge is 2.16. The molecule has 1 N–H and O–H groups in total. The van der Waals surface area contributed by atoms with E-state index in [1.165, 1.54) is 12.3 Å². The van der Waals surface area contributed by atoms with Crippen LogP contribution in [-0.4, -0.2) is 21.0 Å². The minimum absolute atomic E-state index is 0.131. The molecule has 0 saturated carbocycles. The molecule has 6 heteroatoms. The van der Waals surface area contributed by atoms with Gasteiger partial charge in [0.1, 0.15) is 9.88 Å². The molecule has 0 saturated heterocycles. The lowest BCUT2D eigenvalue weighted by Crippen LogP contribution is -1.94. The maximum atomic E-state index is 13.4. The number of hydrogen-bond acceptors (Lipinski definition) is 4. The summed E-state index contributed by atoms with van der Waals surface area (Å²) in [7, 11) is 0. The Balaban J connectivity index is 2.54. The number of carbonyl (C=O) groups is 1. The summed E-state index contributed by atoms with van der Waals surface area (Å²) >= 11 is 0.956. The summed E-state index contributed by atoms with van der Waals surface area (Å²) in [5.41, 5.74) is 0.666. The Kier molecular flexibility index (Phi) is 2.66. The van der Waals surface area contributed by atoms with Crippen molar-refractivity contribution in [2.24, 2.45) is 0 Å². The van der Waals surface area contributed by atoms with E-state index < -0.39 is 11.8 Å². The predicted octanol–water partition coefficient (Wildman–Crippen LogP) is 2.35. The first-order valence-corrected chi connectivity index (χ1v) is 5.22. The Bertz CT molecular complexity index is 554. The van der Waals surface area contributed by atoms with Crippen LogP contribution in [0.4, 0.5) is 4.39 Å². The van der Waals surface area contributed by atoms with Gasteiger partial charge in [0.2, 0.25) is 0 Å². The molecule has 2 heterocycles. The first kappa shape index (κ1) is 10.7. The van der Waals surface area contributed by atoms with E-state index in [9.17, 15) is 9.18 Å². The van der Waals surface area contributed by atoms with Crippen LogP contribution in [0.5, 0.6) is 0 Å². The Morgan fingerprint density at radius 1 is 1.56 bits per heavy atom. The summed E-state index contributed by atoms with van der Waals surface area (Å²) in [4.78, 5) is 18.6. The number of aryl methyl sites for hydroxylation is 1. The third-order valence-corrected chi connectivity index (χ3v) is 3.17. The zero-order chi connectivity index (χ0) is 11.7. The maximum absolute atomic E-state index is 13.4. The topological polar surface area (TPSA) is 63.1 Å². The van der Waals surface area contributed by atoms with Gasteiger partial charge in [-0.25, -0.2) is 14.2 Å². The van der Waals surface area contributed by atoms with Gasteiger partial charge in [0.15, 0.2) is 5.82 Å². The van der Waals surface area contributed by atoms with Crippen LogP contribution in [0, 0.1) is 12.7 Å². The van der Waals surface area contributed by atoms with Gasteiger partial charge in [-0.15, -0.1) is 11.3 Å². The zero-order valence-electron chi connectivity index (χ0n) is 8.27. The van der Waals surface area contributed by atoms with Crippen molar-refractivity contribution in [2.45, 2.75) is 6.92 Å². The van der Waals surface area contributed by atoms with Crippen LogP contribution >= 0.6 is 11.3 Å². The fourth-order valence-electron chi connectivity index (χ4n) is 1.26. The number of thiazole rings is 1. The van der Waals surface area contributed by atoms with E-state index in [0.717, 1.165) is 17.5 Å². The van der Waals surface area contributed by atoms with Crippen LogP contribution in [0.3, 0.4) is 0 Å². The Morgan fingerprint density at radius 3 is 2.88 bits per heavy atom. The van der Waals surface area contributed by atoms with E-state index in [1.54, 1.807) is 6.92 Å². The lowest BCUT2D eigenvalue weighted by molar-refractivity contribution is 0.0701. The van der Waals surface area contributed by atoms with Gasteiger partial charge < -0.3 is 5.11 Å². The summed E-state index contributed by atoms with van der Waals surface area (Å²) < 4.78 is 13.4. The van der Waals surface area contributed by atoms with Gasteiger partial charge in [-0.2, -0.15) is 0 Å². The van der Waals surface area contributed by atoms with Crippen molar-refractivity contribution in [3.63, 3.8) is 0 Å². The van der Waals surface area contributed by atoms with Crippen molar-refractivity contribution < 1.29 is 14.3 Å². The summed E-state index contributed by atoms with van der Waals surface area (Å²) in [5, 5.41) is 9.22. The number of carboxylic acid groups (broad SMARTS) is 1. The Morgan fingerprint density at radius 2 is 2.31 bits per heavy atom. The third-order valence-electron chi connectivity index (χ3n) is 1.99. The molecule has 82 valence electrons. The number of nitrogens with zero attached hydrogens (tertiary/aromatic N) is 2. The first-order valence-electron chi connectivity index (χ1n) is 4.40. The highest BCUT2D eigenvalue weighted by molar-refractivity contribution is 7.17. The van der Waals surface area contributed by atoms with Crippen LogP contribution in [0.25, 0.3) is 10.6 Å². The second-order valence-corrected chi connectivity index (χ2v) is 4.09. The Labute approximate surface area is 94.4 Å². The summed E-state index contributed by atoms with van der Waals surface area (Å²) in [6.07, 6.45) is 2.52. The van der Waals surface area contributed by atoms with Crippen molar-refractivity contribution in [3.8, 4) is 10.6 Å². The van der Waals surface area contributed by atoms with Crippen molar-refractivity contribution in [1.29, 1.82) is 0 Å². The minimum Gasteiger partial charge on any atom is -0.477 e. The first-order chi connectivity index (χ1) is 7.59. The molecule has 0 amide bonds. The van der Waals surface area contributed by atoms with Gasteiger partial charge in [0.05, 0.1) is 11.9 Å². The number of aromatic nitrogens is 2. The summed E-state index contributed by atoms with van der Waals surface area (Å²) in [5.74, 6) is -1.55. The minimum atomic E-state index is -1.05. The van der Waals surface area contributed by atoms with Crippen molar-refractivity contribution in [1.82, 2.24) is 9.97 Å². The van der Waals surface area contributed by atoms with E-state index in [2.05, 4.69) is 9.97 Å². The van der Waals surface area contributed by atoms with Gasteiger partial charge >= 0.3 is 5.97 Å². The number of carboxylic acids is 1. The van der Waals surface area contributed by atoms with E-state index in [1.807, 2.05) is 0 Å². The molecule has 0 unspecified atom stereocenters. The van der Waals surface area contributed by atoms with Crippen LogP contribution in [-0.2, 0) is 0 Å². The fraction of sp³-hybridized carbons (Fsp3) is 0.100. The average Bonchev–Trinajstić information content (AvgIpc) is 2.61. The number of hydrogen-bond donors (Lipinski definition) is 1. The van der Waals surface area contributed by atoms with Crippen LogP contribution in [0.15, 0.2) is 18.5 Å². The normalized spacial score (nSPS) is 10.4. The lowest BCUT2D eigenvalue weighted by atomic mass is 10.3. The van der Waals surface area contributed by atoms with E-state index in [4.69, 9.17) is 5.11 Å². The molecule has 0 atom stereocenters. The highest BCUT2D eigenvalue weighted by Crippen LogP contribution is 2.29. The highest BCUT2D eigenvalue weighted by atomic mass is 32.1. The molecule has 0 aliphatic rings. The van der Waals surface area contributed by atoms with E-state index >= 15 is 0 Å². The molecular weight excluding hydrogens is 231 g/mol. The second-order valence-electron chi connectivity index (χ2n) is 3.09. The molecular formula is C10H7FN2O2S. The SMILES string of the molecule is Cc1nc(-c2ccncc2F)sc1C(=O)O. The molecule has 4 nitrogen and oxygen atoms in total. The van der Waals surface area contributed by atoms with E-state index in [0.29, 0.717) is 10.7 Å². The fourth-order valence-corrected chi connectivity index (χ4v) is 2.19. The van der Waals surface area contributed by atoms with Gasteiger partial charge in [0, 0.05) is 11.8 Å². The van der Waals surface area contributed by atoms with Gasteiger partial charge in [-0.1, -0.05) is 0 Å². The summed E-state index contributed by atoms with van der Waals surface area (Å²) in [6, 6.07) is 1.47. The zero-order valence-corrected chi connectivity index (χ0v) is 9.08. The maximum Gasteiger partial charge on any atom is 0.347 e. The molecule has 0 radical (unpaired) electrons. The van der Waals surface area contributed by atoms with Crippen LogP contribution < -0.4 is 0 Å². The van der Waals surface area contributed by atoms with Crippen molar-refractivity contribution in [2.75, 3.05) is 0 Å². The third kappa shape index (κ3) is 1.79. The summed E-state index contributed by atoms with van der Waals surface area (Å²) in [6.45, 7) is 1.59. The molecule has 0 spiro atoms. The molecule has 0 aromatic carbocycles.